The van der Waals surface area contributed by atoms with Crippen LogP contribution in [0.5, 0.6) is 0 Å². The van der Waals surface area contributed by atoms with E-state index in [9.17, 15) is 4.79 Å². The van der Waals surface area contributed by atoms with Gasteiger partial charge in [-0.15, -0.1) is 0 Å². The van der Waals surface area contributed by atoms with Crippen molar-refractivity contribution in [3.05, 3.63) is 84.4 Å². The van der Waals surface area contributed by atoms with E-state index < -0.39 is 6.04 Å². The van der Waals surface area contributed by atoms with Crippen LogP contribution in [-0.4, -0.2) is 10.5 Å². The van der Waals surface area contributed by atoms with Crippen molar-refractivity contribution in [2.75, 3.05) is 0 Å². The molecule has 0 saturated carbocycles. The second-order valence-corrected chi connectivity index (χ2v) is 6.17. The molecular weight excluding hydrogens is 310 g/mol. The van der Waals surface area contributed by atoms with Gasteiger partial charge in [0.15, 0.2) is 0 Å². The van der Waals surface area contributed by atoms with Crippen LogP contribution in [0.25, 0.3) is 21.8 Å². The highest BCUT2D eigenvalue weighted by atomic mass is 16.5. The molecule has 3 aromatic carbocycles. The van der Waals surface area contributed by atoms with Crippen LogP contribution in [0.2, 0.25) is 0 Å². The summed E-state index contributed by atoms with van der Waals surface area (Å²) in [7, 11) is 0. The first kappa shape index (κ1) is 15.5. The lowest BCUT2D eigenvalue weighted by atomic mass is 10.2. The summed E-state index contributed by atoms with van der Waals surface area (Å²) < 4.78 is 7.62. The zero-order valence-corrected chi connectivity index (χ0v) is 14.1. The van der Waals surface area contributed by atoms with Gasteiger partial charge in [0.2, 0.25) is 0 Å². The Hall–Kier alpha value is -3.07. The van der Waals surface area contributed by atoms with Gasteiger partial charge in [-0.25, -0.2) is 4.79 Å². The number of para-hydroxylation sites is 2. The smallest absolute Gasteiger partial charge is 0.329 e. The number of carbonyl (C=O) groups is 1. The molecular formula is C22H19NO2. The number of benzene rings is 3. The van der Waals surface area contributed by atoms with Gasteiger partial charge < -0.3 is 9.30 Å². The number of nitrogens with zero attached hydrogens (tertiary/aromatic N) is 1. The molecule has 0 aliphatic rings. The molecule has 3 nitrogen and oxygen atoms in total. The topological polar surface area (TPSA) is 31.2 Å². The summed E-state index contributed by atoms with van der Waals surface area (Å²) in [5.74, 6) is -0.227. The molecule has 0 spiro atoms. The Balaban J connectivity index is 1.69. The van der Waals surface area contributed by atoms with Crippen LogP contribution in [0, 0.1) is 0 Å². The van der Waals surface area contributed by atoms with E-state index in [1.54, 1.807) is 0 Å². The first-order valence-corrected chi connectivity index (χ1v) is 8.44. The maximum absolute atomic E-state index is 12.7. The molecule has 0 saturated heterocycles. The van der Waals surface area contributed by atoms with Gasteiger partial charge in [-0.05, 0) is 24.6 Å². The molecule has 1 unspecified atom stereocenters. The van der Waals surface area contributed by atoms with Crippen molar-refractivity contribution in [1.82, 2.24) is 4.57 Å². The molecule has 0 fully saturated rings. The quantitative estimate of drug-likeness (QED) is 0.488. The van der Waals surface area contributed by atoms with Gasteiger partial charge in [0, 0.05) is 21.8 Å². The number of aromatic nitrogens is 1. The van der Waals surface area contributed by atoms with E-state index in [1.807, 2.05) is 61.5 Å². The van der Waals surface area contributed by atoms with E-state index in [0.717, 1.165) is 27.4 Å². The van der Waals surface area contributed by atoms with Crippen LogP contribution < -0.4 is 0 Å². The molecule has 0 aliphatic heterocycles. The van der Waals surface area contributed by atoms with Crippen LogP contribution in [-0.2, 0) is 16.1 Å². The highest BCUT2D eigenvalue weighted by Gasteiger charge is 2.21. The van der Waals surface area contributed by atoms with Crippen LogP contribution in [0.15, 0.2) is 78.9 Å². The first-order valence-electron chi connectivity index (χ1n) is 8.44. The maximum Gasteiger partial charge on any atom is 0.329 e. The van der Waals surface area contributed by atoms with E-state index >= 15 is 0 Å². The Kier molecular flexibility index (Phi) is 3.98. The number of esters is 1. The van der Waals surface area contributed by atoms with Gasteiger partial charge in [-0.3, -0.25) is 0 Å². The largest absolute Gasteiger partial charge is 0.459 e. The van der Waals surface area contributed by atoms with Crippen molar-refractivity contribution >= 4 is 27.8 Å². The number of ether oxygens (including phenoxy) is 1. The first-order chi connectivity index (χ1) is 12.3. The molecule has 0 aliphatic carbocycles. The van der Waals surface area contributed by atoms with Gasteiger partial charge in [0.1, 0.15) is 12.6 Å². The van der Waals surface area contributed by atoms with Crippen LogP contribution >= 0.6 is 0 Å². The van der Waals surface area contributed by atoms with Gasteiger partial charge in [0.25, 0.3) is 0 Å². The Morgan fingerprint density at radius 2 is 1.36 bits per heavy atom. The molecule has 0 N–H and O–H groups in total. The minimum absolute atomic E-state index is 0.227. The van der Waals surface area contributed by atoms with Gasteiger partial charge in [-0.1, -0.05) is 66.7 Å². The fourth-order valence-corrected chi connectivity index (χ4v) is 3.32. The van der Waals surface area contributed by atoms with Crippen LogP contribution in [0.4, 0.5) is 0 Å². The standard InChI is InChI=1S/C22H19NO2/c1-16(22(24)25-15-17-9-3-2-4-10-17)23-20-13-7-5-11-18(20)19-12-6-8-14-21(19)23/h2-14,16H,15H2,1H3. The van der Waals surface area contributed by atoms with E-state index in [0.29, 0.717) is 6.61 Å². The summed E-state index contributed by atoms with van der Waals surface area (Å²) >= 11 is 0. The summed E-state index contributed by atoms with van der Waals surface area (Å²) in [4.78, 5) is 12.7. The fraction of sp³-hybridized carbons (Fsp3) is 0.136. The van der Waals surface area contributed by atoms with E-state index in [2.05, 4.69) is 28.8 Å². The second-order valence-electron chi connectivity index (χ2n) is 6.17. The normalized spacial score (nSPS) is 12.4. The summed E-state index contributed by atoms with van der Waals surface area (Å²) in [6.45, 7) is 2.19. The third-order valence-electron chi connectivity index (χ3n) is 4.57. The summed E-state index contributed by atoms with van der Waals surface area (Å²) in [5, 5.41) is 2.31. The van der Waals surface area contributed by atoms with Crippen molar-refractivity contribution in [1.29, 1.82) is 0 Å². The van der Waals surface area contributed by atoms with Crippen molar-refractivity contribution in [3.63, 3.8) is 0 Å². The predicted molar refractivity (Wildman–Crippen MR) is 100 cm³/mol. The molecule has 0 amide bonds. The molecule has 124 valence electrons. The van der Waals surface area contributed by atoms with Crippen molar-refractivity contribution in [2.45, 2.75) is 19.6 Å². The van der Waals surface area contributed by atoms with Gasteiger partial charge in [0.05, 0.1) is 0 Å². The average Bonchev–Trinajstić information content (AvgIpc) is 3.01. The third-order valence-corrected chi connectivity index (χ3v) is 4.57. The minimum Gasteiger partial charge on any atom is -0.459 e. The number of hydrogen-bond donors (Lipinski definition) is 0. The van der Waals surface area contributed by atoms with Gasteiger partial charge in [-0.2, -0.15) is 0 Å². The van der Waals surface area contributed by atoms with Crippen molar-refractivity contribution < 1.29 is 9.53 Å². The summed E-state index contributed by atoms with van der Waals surface area (Å²) in [6.07, 6.45) is 0. The Morgan fingerprint density at radius 1 is 0.840 bits per heavy atom. The van der Waals surface area contributed by atoms with Crippen molar-refractivity contribution in [2.24, 2.45) is 0 Å². The molecule has 4 rings (SSSR count). The van der Waals surface area contributed by atoms with Crippen LogP contribution in [0.1, 0.15) is 18.5 Å². The fourth-order valence-electron chi connectivity index (χ4n) is 3.32. The summed E-state index contributed by atoms with van der Waals surface area (Å²) in [6, 6.07) is 25.7. The molecule has 1 aromatic heterocycles. The lowest BCUT2D eigenvalue weighted by Gasteiger charge is -2.16. The van der Waals surface area contributed by atoms with E-state index in [1.165, 1.54) is 0 Å². The highest BCUT2D eigenvalue weighted by Crippen LogP contribution is 2.32. The molecule has 3 heteroatoms. The Bertz CT molecular complexity index is 980. The molecule has 1 atom stereocenters. The number of carbonyl (C=O) groups excluding carboxylic acids is 1. The molecule has 0 bridgehead atoms. The number of hydrogen-bond acceptors (Lipinski definition) is 2. The minimum atomic E-state index is -0.395. The monoisotopic (exact) mass is 329 g/mol. The summed E-state index contributed by atoms with van der Waals surface area (Å²) in [5.41, 5.74) is 3.09. The third kappa shape index (κ3) is 2.78. The lowest BCUT2D eigenvalue weighted by Crippen LogP contribution is -2.19. The zero-order chi connectivity index (χ0) is 17.2. The zero-order valence-electron chi connectivity index (χ0n) is 14.1. The maximum atomic E-state index is 12.7. The molecule has 0 radical (unpaired) electrons. The second kappa shape index (κ2) is 6.44. The van der Waals surface area contributed by atoms with E-state index in [4.69, 9.17) is 4.74 Å². The molecule has 25 heavy (non-hydrogen) atoms. The SMILES string of the molecule is CC(C(=O)OCc1ccccc1)n1c2ccccc2c2ccccc21. The number of fused-ring (bicyclic) bond motifs is 3. The Labute approximate surface area is 146 Å². The highest BCUT2D eigenvalue weighted by molar-refractivity contribution is 6.08. The molecule has 1 heterocycles. The van der Waals surface area contributed by atoms with Crippen molar-refractivity contribution in [3.8, 4) is 0 Å². The van der Waals surface area contributed by atoms with Crippen LogP contribution in [0.3, 0.4) is 0 Å². The Morgan fingerprint density at radius 3 is 1.96 bits per heavy atom. The van der Waals surface area contributed by atoms with E-state index in [-0.39, 0.29) is 5.97 Å². The van der Waals surface area contributed by atoms with Gasteiger partial charge >= 0.3 is 5.97 Å². The average molecular weight is 329 g/mol. The number of rotatable bonds is 4. The predicted octanol–water partition coefficient (Wildman–Crippen LogP) is 5.10. The molecule has 4 aromatic rings. The lowest BCUT2D eigenvalue weighted by molar-refractivity contribution is -0.148.